The number of benzene rings is 1. The van der Waals surface area contributed by atoms with Crippen molar-refractivity contribution >= 4 is 11.6 Å². The van der Waals surface area contributed by atoms with Crippen molar-refractivity contribution in [1.29, 1.82) is 0 Å². The fourth-order valence-corrected chi connectivity index (χ4v) is 3.64. The van der Waals surface area contributed by atoms with E-state index in [0.717, 1.165) is 12.8 Å². The summed E-state index contributed by atoms with van der Waals surface area (Å²) in [7, 11) is 0. The van der Waals surface area contributed by atoms with Crippen LogP contribution in [0, 0.1) is 5.82 Å². The quantitative estimate of drug-likeness (QED) is 0.806. The zero-order valence-corrected chi connectivity index (χ0v) is 13.2. The van der Waals surface area contributed by atoms with Gasteiger partial charge in [-0.05, 0) is 25.0 Å². The summed E-state index contributed by atoms with van der Waals surface area (Å²) in [6, 6.07) is 7.39. The highest BCUT2D eigenvalue weighted by atomic mass is 19.1. The molecule has 0 aliphatic carbocycles. The van der Waals surface area contributed by atoms with Gasteiger partial charge in [-0.15, -0.1) is 0 Å². The molecule has 0 N–H and O–H groups in total. The molecule has 1 saturated heterocycles. The van der Waals surface area contributed by atoms with Gasteiger partial charge in [0.25, 0.3) is 0 Å². The van der Waals surface area contributed by atoms with Crippen molar-refractivity contribution in [2.75, 3.05) is 18.0 Å². The van der Waals surface area contributed by atoms with Crippen LogP contribution in [0.15, 0.2) is 36.8 Å². The van der Waals surface area contributed by atoms with E-state index < -0.39 is 11.4 Å². The van der Waals surface area contributed by atoms with Gasteiger partial charge in [-0.25, -0.2) is 14.4 Å². The molecular weight excluding hydrogens is 309 g/mol. The average molecular weight is 327 g/mol. The van der Waals surface area contributed by atoms with Crippen LogP contribution in [0.2, 0.25) is 0 Å². The van der Waals surface area contributed by atoms with Gasteiger partial charge in [-0.2, -0.15) is 0 Å². The minimum absolute atomic E-state index is 0.124. The van der Waals surface area contributed by atoms with Gasteiger partial charge < -0.3 is 9.64 Å². The Hall–Kier alpha value is -2.50. The van der Waals surface area contributed by atoms with E-state index in [4.69, 9.17) is 4.74 Å². The van der Waals surface area contributed by atoms with Crippen molar-refractivity contribution in [3.63, 3.8) is 0 Å². The lowest BCUT2D eigenvalue weighted by atomic mass is 9.84. The maximum absolute atomic E-state index is 13.9. The number of carbonyl (C=O) groups is 1. The summed E-state index contributed by atoms with van der Waals surface area (Å²) in [5.74, 6) is 0.693. The first kappa shape index (κ1) is 15.1. The summed E-state index contributed by atoms with van der Waals surface area (Å²) < 4.78 is 20.2. The standard InChI is InChI=1S/C18H18FN3O2/c19-14-11-20-12-21-17(14)22-8-3-6-18(7-9-22)10-15(23)13-4-1-2-5-16(13)24-18/h1-2,4-5,11-12H,3,6-10H2. The monoisotopic (exact) mass is 327 g/mol. The summed E-state index contributed by atoms with van der Waals surface area (Å²) in [6.45, 7) is 1.29. The molecule has 2 aromatic rings. The molecule has 1 aromatic heterocycles. The second-order valence-corrected chi connectivity index (χ2v) is 6.42. The molecule has 2 aliphatic rings. The molecule has 124 valence electrons. The fraction of sp³-hybridized carbons (Fsp3) is 0.389. The highest BCUT2D eigenvalue weighted by Gasteiger charge is 2.41. The topological polar surface area (TPSA) is 55.3 Å². The van der Waals surface area contributed by atoms with Gasteiger partial charge >= 0.3 is 0 Å². The number of halogens is 1. The van der Waals surface area contributed by atoms with Crippen molar-refractivity contribution in [1.82, 2.24) is 9.97 Å². The van der Waals surface area contributed by atoms with Crippen LogP contribution in [0.3, 0.4) is 0 Å². The molecule has 2 aliphatic heterocycles. The van der Waals surface area contributed by atoms with Gasteiger partial charge in [0.15, 0.2) is 17.4 Å². The summed E-state index contributed by atoms with van der Waals surface area (Å²) in [5, 5.41) is 0. The smallest absolute Gasteiger partial charge is 0.183 e. The van der Waals surface area contributed by atoms with Gasteiger partial charge in [-0.3, -0.25) is 4.79 Å². The van der Waals surface area contributed by atoms with E-state index in [-0.39, 0.29) is 5.78 Å². The molecule has 0 amide bonds. The zero-order valence-electron chi connectivity index (χ0n) is 13.2. The third-order valence-electron chi connectivity index (χ3n) is 4.84. The Morgan fingerprint density at radius 2 is 2.08 bits per heavy atom. The Bertz CT molecular complexity index is 782. The molecule has 1 spiro atoms. The van der Waals surface area contributed by atoms with E-state index in [1.807, 2.05) is 29.2 Å². The van der Waals surface area contributed by atoms with Crippen LogP contribution in [0.4, 0.5) is 10.2 Å². The second-order valence-electron chi connectivity index (χ2n) is 6.42. The number of ketones is 1. The van der Waals surface area contributed by atoms with Gasteiger partial charge in [0.1, 0.15) is 17.7 Å². The molecular formula is C18H18FN3O2. The maximum atomic E-state index is 13.9. The van der Waals surface area contributed by atoms with E-state index in [2.05, 4.69) is 9.97 Å². The van der Waals surface area contributed by atoms with Crippen molar-refractivity contribution < 1.29 is 13.9 Å². The number of nitrogens with zero attached hydrogens (tertiary/aromatic N) is 3. The summed E-state index contributed by atoms with van der Waals surface area (Å²) in [5.41, 5.74) is 0.162. The minimum atomic E-state index is -0.496. The molecule has 0 saturated carbocycles. The molecule has 5 nitrogen and oxygen atoms in total. The lowest BCUT2D eigenvalue weighted by molar-refractivity contribution is 0.0323. The molecule has 1 fully saturated rings. The maximum Gasteiger partial charge on any atom is 0.183 e. The normalized spacial score (nSPS) is 23.5. The van der Waals surface area contributed by atoms with Gasteiger partial charge in [0, 0.05) is 19.5 Å². The van der Waals surface area contributed by atoms with Gasteiger partial charge in [0.2, 0.25) is 0 Å². The molecule has 6 heteroatoms. The van der Waals surface area contributed by atoms with E-state index in [0.29, 0.717) is 43.1 Å². The molecule has 4 rings (SSSR count). The van der Waals surface area contributed by atoms with Crippen molar-refractivity contribution in [2.24, 2.45) is 0 Å². The second kappa shape index (κ2) is 5.85. The first-order valence-corrected chi connectivity index (χ1v) is 8.19. The van der Waals surface area contributed by atoms with Gasteiger partial charge in [-0.1, -0.05) is 12.1 Å². The van der Waals surface area contributed by atoms with E-state index in [9.17, 15) is 9.18 Å². The van der Waals surface area contributed by atoms with E-state index in [1.54, 1.807) is 0 Å². The summed E-state index contributed by atoms with van der Waals surface area (Å²) in [4.78, 5) is 22.2. The Balaban J connectivity index is 1.57. The number of hydrogen-bond donors (Lipinski definition) is 0. The average Bonchev–Trinajstić information content (AvgIpc) is 2.78. The van der Waals surface area contributed by atoms with Crippen LogP contribution >= 0.6 is 0 Å². The predicted octanol–water partition coefficient (Wildman–Crippen LogP) is 3.01. The largest absolute Gasteiger partial charge is 0.486 e. The Morgan fingerprint density at radius 3 is 2.96 bits per heavy atom. The Labute approximate surface area is 139 Å². The van der Waals surface area contributed by atoms with E-state index >= 15 is 0 Å². The lowest BCUT2D eigenvalue weighted by Gasteiger charge is -2.37. The van der Waals surface area contributed by atoms with Crippen LogP contribution in [0.25, 0.3) is 0 Å². The van der Waals surface area contributed by atoms with Crippen LogP contribution in [-0.2, 0) is 0 Å². The lowest BCUT2D eigenvalue weighted by Crippen LogP contribution is -2.43. The first-order valence-electron chi connectivity index (χ1n) is 8.19. The number of rotatable bonds is 1. The molecule has 1 unspecified atom stereocenters. The number of ether oxygens (including phenoxy) is 1. The number of fused-ring (bicyclic) bond motifs is 1. The number of anilines is 1. The van der Waals surface area contributed by atoms with Crippen LogP contribution in [0.1, 0.15) is 36.0 Å². The number of hydrogen-bond acceptors (Lipinski definition) is 5. The summed E-state index contributed by atoms with van der Waals surface area (Å²) in [6.07, 6.45) is 5.17. The molecule has 0 bridgehead atoms. The van der Waals surface area contributed by atoms with Gasteiger partial charge in [0.05, 0.1) is 18.2 Å². The molecule has 1 aromatic carbocycles. The van der Waals surface area contributed by atoms with Crippen molar-refractivity contribution in [3.8, 4) is 5.75 Å². The molecule has 0 radical (unpaired) electrons. The predicted molar refractivity (Wildman–Crippen MR) is 86.8 cm³/mol. The summed E-state index contributed by atoms with van der Waals surface area (Å²) >= 11 is 0. The van der Waals surface area contributed by atoms with Crippen LogP contribution < -0.4 is 9.64 Å². The Kier molecular flexibility index (Phi) is 3.67. The number of aromatic nitrogens is 2. The minimum Gasteiger partial charge on any atom is -0.486 e. The SMILES string of the molecule is O=C1CC2(CCCN(c3ncncc3F)CC2)Oc2ccccc21. The number of Topliss-reactive ketones (excluding diaryl/α,β-unsaturated/α-hetero) is 1. The third-order valence-corrected chi connectivity index (χ3v) is 4.84. The van der Waals surface area contributed by atoms with E-state index in [1.165, 1.54) is 12.5 Å². The van der Waals surface area contributed by atoms with Crippen molar-refractivity contribution in [3.05, 3.63) is 48.2 Å². The van der Waals surface area contributed by atoms with Crippen molar-refractivity contribution in [2.45, 2.75) is 31.3 Å². The zero-order chi connectivity index (χ0) is 16.6. The third kappa shape index (κ3) is 2.62. The fourth-order valence-electron chi connectivity index (χ4n) is 3.64. The molecule has 3 heterocycles. The molecule has 24 heavy (non-hydrogen) atoms. The molecule has 1 atom stereocenters. The first-order chi connectivity index (χ1) is 11.7. The van der Waals surface area contributed by atoms with Crippen LogP contribution in [-0.4, -0.2) is 34.4 Å². The highest BCUT2D eigenvalue weighted by Crippen LogP contribution is 2.39. The van der Waals surface area contributed by atoms with Crippen LogP contribution in [0.5, 0.6) is 5.75 Å². The Morgan fingerprint density at radius 1 is 1.21 bits per heavy atom. The highest BCUT2D eigenvalue weighted by molar-refractivity contribution is 6.00. The number of para-hydroxylation sites is 1. The number of carbonyl (C=O) groups excluding carboxylic acids is 1.